The molecule has 1 aliphatic rings. The number of phenols is 1. The van der Waals surface area contributed by atoms with E-state index in [0.29, 0.717) is 0 Å². The van der Waals surface area contributed by atoms with Gasteiger partial charge in [-0.2, -0.15) is 0 Å². The molecule has 1 aliphatic carbocycles. The average Bonchev–Trinajstić information content (AvgIpc) is 2.98. The SMILES string of the molecule is COc1ccc(O)cc1C1(C(C)N)CC1. The summed E-state index contributed by atoms with van der Waals surface area (Å²) in [6.07, 6.45) is 2.15. The van der Waals surface area contributed by atoms with Gasteiger partial charge in [0.05, 0.1) is 7.11 Å². The van der Waals surface area contributed by atoms with Gasteiger partial charge >= 0.3 is 0 Å². The molecule has 3 heteroatoms. The van der Waals surface area contributed by atoms with Gasteiger partial charge in [-0.1, -0.05) is 0 Å². The summed E-state index contributed by atoms with van der Waals surface area (Å²) in [7, 11) is 1.65. The zero-order valence-electron chi connectivity index (χ0n) is 9.16. The zero-order valence-corrected chi connectivity index (χ0v) is 9.16. The van der Waals surface area contributed by atoms with Gasteiger partial charge < -0.3 is 15.6 Å². The predicted molar refractivity (Wildman–Crippen MR) is 59.2 cm³/mol. The van der Waals surface area contributed by atoms with Crippen molar-refractivity contribution in [1.29, 1.82) is 0 Å². The van der Waals surface area contributed by atoms with Gasteiger partial charge in [0.2, 0.25) is 0 Å². The highest BCUT2D eigenvalue weighted by molar-refractivity contribution is 5.48. The standard InChI is InChI=1S/C12H17NO2/c1-8(13)12(5-6-12)10-7-9(14)3-4-11(10)15-2/h3-4,7-8,14H,5-6,13H2,1-2H3. The Bertz CT molecular complexity index is 370. The average molecular weight is 207 g/mol. The number of rotatable bonds is 3. The van der Waals surface area contributed by atoms with E-state index in [0.717, 1.165) is 24.2 Å². The van der Waals surface area contributed by atoms with Crippen LogP contribution in [0.25, 0.3) is 0 Å². The minimum Gasteiger partial charge on any atom is -0.508 e. The third-order valence-corrected chi connectivity index (χ3v) is 3.38. The van der Waals surface area contributed by atoms with Crippen LogP contribution in [0.15, 0.2) is 18.2 Å². The third kappa shape index (κ3) is 1.57. The molecule has 1 unspecified atom stereocenters. The van der Waals surface area contributed by atoms with Crippen molar-refractivity contribution in [2.75, 3.05) is 7.11 Å². The maximum atomic E-state index is 9.51. The van der Waals surface area contributed by atoms with Crippen LogP contribution in [0.4, 0.5) is 0 Å². The molecule has 0 aliphatic heterocycles. The Morgan fingerprint density at radius 1 is 1.47 bits per heavy atom. The van der Waals surface area contributed by atoms with Crippen molar-refractivity contribution in [3.63, 3.8) is 0 Å². The molecule has 0 aromatic heterocycles. The first-order valence-electron chi connectivity index (χ1n) is 5.23. The molecule has 1 atom stereocenters. The maximum absolute atomic E-state index is 9.51. The minimum absolute atomic E-state index is 0.0179. The first-order chi connectivity index (χ1) is 7.10. The van der Waals surface area contributed by atoms with E-state index in [-0.39, 0.29) is 17.2 Å². The highest BCUT2D eigenvalue weighted by Crippen LogP contribution is 2.53. The maximum Gasteiger partial charge on any atom is 0.122 e. The second kappa shape index (κ2) is 3.42. The summed E-state index contributed by atoms with van der Waals surface area (Å²) in [5, 5.41) is 9.51. The van der Waals surface area contributed by atoms with E-state index >= 15 is 0 Å². The second-order valence-electron chi connectivity index (χ2n) is 4.33. The van der Waals surface area contributed by atoms with Crippen LogP contribution in [0.1, 0.15) is 25.3 Å². The lowest BCUT2D eigenvalue weighted by molar-refractivity contribution is 0.395. The van der Waals surface area contributed by atoms with Crippen molar-refractivity contribution in [2.45, 2.75) is 31.2 Å². The molecule has 0 bridgehead atoms. The van der Waals surface area contributed by atoms with Crippen molar-refractivity contribution < 1.29 is 9.84 Å². The number of hydrogen-bond donors (Lipinski definition) is 2. The summed E-state index contributed by atoms with van der Waals surface area (Å²) in [4.78, 5) is 0. The summed E-state index contributed by atoms with van der Waals surface area (Å²) < 4.78 is 5.31. The Morgan fingerprint density at radius 3 is 2.60 bits per heavy atom. The van der Waals surface area contributed by atoms with E-state index < -0.39 is 0 Å². The smallest absolute Gasteiger partial charge is 0.122 e. The fourth-order valence-electron chi connectivity index (χ4n) is 2.19. The lowest BCUT2D eigenvalue weighted by atomic mass is 9.88. The summed E-state index contributed by atoms with van der Waals surface area (Å²) in [6.45, 7) is 2.01. The molecule has 0 heterocycles. The minimum atomic E-state index is 0.0179. The fraction of sp³-hybridized carbons (Fsp3) is 0.500. The highest BCUT2D eigenvalue weighted by Gasteiger charge is 2.49. The first kappa shape index (κ1) is 10.3. The Morgan fingerprint density at radius 2 is 2.13 bits per heavy atom. The molecule has 2 rings (SSSR count). The lowest BCUT2D eigenvalue weighted by Crippen LogP contribution is -2.31. The summed E-state index contributed by atoms with van der Waals surface area (Å²) in [6, 6.07) is 5.30. The predicted octanol–water partition coefficient (Wildman–Crippen LogP) is 1.78. The van der Waals surface area contributed by atoms with Crippen LogP contribution < -0.4 is 10.5 Å². The lowest BCUT2D eigenvalue weighted by Gasteiger charge is -2.22. The van der Waals surface area contributed by atoms with Gasteiger partial charge in [0, 0.05) is 17.0 Å². The molecule has 3 nitrogen and oxygen atoms in total. The molecule has 0 radical (unpaired) electrons. The second-order valence-corrected chi connectivity index (χ2v) is 4.33. The number of phenolic OH excluding ortho intramolecular Hbond substituents is 1. The Balaban J connectivity index is 2.46. The normalized spacial score (nSPS) is 19.7. The van der Waals surface area contributed by atoms with Gasteiger partial charge in [0.25, 0.3) is 0 Å². The van der Waals surface area contributed by atoms with E-state index in [4.69, 9.17) is 10.5 Å². The third-order valence-electron chi connectivity index (χ3n) is 3.38. The monoisotopic (exact) mass is 207 g/mol. The van der Waals surface area contributed by atoms with E-state index in [1.54, 1.807) is 25.3 Å². The molecule has 0 amide bonds. The quantitative estimate of drug-likeness (QED) is 0.794. The van der Waals surface area contributed by atoms with Crippen LogP contribution in [-0.4, -0.2) is 18.3 Å². The summed E-state index contributed by atoms with van der Waals surface area (Å²) >= 11 is 0. The number of hydrogen-bond acceptors (Lipinski definition) is 3. The Hall–Kier alpha value is -1.22. The summed E-state index contributed by atoms with van der Waals surface area (Å²) in [5.74, 6) is 1.10. The molecule has 0 spiro atoms. The number of benzene rings is 1. The van der Waals surface area contributed by atoms with Crippen molar-refractivity contribution >= 4 is 0 Å². The van der Waals surface area contributed by atoms with Gasteiger partial charge in [-0.3, -0.25) is 0 Å². The van der Waals surface area contributed by atoms with Gasteiger partial charge in [0.15, 0.2) is 0 Å². The molecule has 15 heavy (non-hydrogen) atoms. The Labute approximate surface area is 89.9 Å². The van der Waals surface area contributed by atoms with Crippen LogP contribution in [0.5, 0.6) is 11.5 Å². The van der Waals surface area contributed by atoms with Gasteiger partial charge in [-0.25, -0.2) is 0 Å². The van der Waals surface area contributed by atoms with Crippen LogP contribution in [0, 0.1) is 0 Å². The molecule has 0 saturated heterocycles. The topological polar surface area (TPSA) is 55.5 Å². The van der Waals surface area contributed by atoms with E-state index in [1.807, 2.05) is 6.92 Å². The molecule has 1 fully saturated rings. The molecule has 1 aromatic rings. The van der Waals surface area contributed by atoms with Crippen molar-refractivity contribution in [3.05, 3.63) is 23.8 Å². The van der Waals surface area contributed by atoms with E-state index in [2.05, 4.69) is 0 Å². The molecular formula is C12H17NO2. The molecule has 1 aromatic carbocycles. The summed E-state index contributed by atoms with van der Waals surface area (Å²) in [5.41, 5.74) is 7.06. The van der Waals surface area contributed by atoms with Crippen molar-refractivity contribution in [2.24, 2.45) is 5.73 Å². The largest absolute Gasteiger partial charge is 0.508 e. The van der Waals surface area contributed by atoms with E-state index in [9.17, 15) is 5.11 Å². The van der Waals surface area contributed by atoms with Crippen molar-refractivity contribution in [3.8, 4) is 11.5 Å². The van der Waals surface area contributed by atoms with Crippen LogP contribution in [0.2, 0.25) is 0 Å². The van der Waals surface area contributed by atoms with Gasteiger partial charge in [0.1, 0.15) is 11.5 Å². The van der Waals surface area contributed by atoms with Gasteiger partial charge in [-0.05, 0) is 38.0 Å². The zero-order chi connectivity index (χ0) is 11.1. The molecule has 3 N–H and O–H groups in total. The van der Waals surface area contributed by atoms with E-state index in [1.165, 1.54) is 0 Å². The van der Waals surface area contributed by atoms with Gasteiger partial charge in [-0.15, -0.1) is 0 Å². The number of nitrogens with two attached hydrogens (primary N) is 1. The molecular weight excluding hydrogens is 190 g/mol. The first-order valence-corrected chi connectivity index (χ1v) is 5.23. The van der Waals surface area contributed by atoms with Crippen LogP contribution >= 0.6 is 0 Å². The van der Waals surface area contributed by atoms with Crippen LogP contribution in [0.3, 0.4) is 0 Å². The van der Waals surface area contributed by atoms with Crippen LogP contribution in [-0.2, 0) is 5.41 Å². The Kier molecular flexibility index (Phi) is 2.35. The number of ether oxygens (including phenoxy) is 1. The highest BCUT2D eigenvalue weighted by atomic mass is 16.5. The van der Waals surface area contributed by atoms with Crippen molar-refractivity contribution in [1.82, 2.24) is 0 Å². The number of aromatic hydroxyl groups is 1. The molecule has 82 valence electrons. The molecule has 1 saturated carbocycles. The number of methoxy groups -OCH3 is 1. The fourth-order valence-corrected chi connectivity index (χ4v) is 2.19.